The zero-order chi connectivity index (χ0) is 16.3. The minimum Gasteiger partial charge on any atom is -0.481 e. The van der Waals surface area contributed by atoms with Gasteiger partial charge in [0.15, 0.2) is 0 Å². The summed E-state index contributed by atoms with van der Waals surface area (Å²) in [6.07, 6.45) is -5.17. The first kappa shape index (κ1) is 15.8. The largest absolute Gasteiger partial charge is 0.573 e. The summed E-state index contributed by atoms with van der Waals surface area (Å²) in [4.78, 5) is 10.6. The highest BCUT2D eigenvalue weighted by Crippen LogP contribution is 2.29. The van der Waals surface area contributed by atoms with E-state index in [0.717, 1.165) is 18.2 Å². The lowest BCUT2D eigenvalue weighted by Crippen LogP contribution is -2.17. The van der Waals surface area contributed by atoms with Gasteiger partial charge < -0.3 is 9.84 Å². The van der Waals surface area contributed by atoms with Crippen LogP contribution in [0, 0.1) is 5.82 Å². The summed E-state index contributed by atoms with van der Waals surface area (Å²) in [7, 11) is 0. The Labute approximate surface area is 122 Å². The van der Waals surface area contributed by atoms with Gasteiger partial charge in [-0.05, 0) is 29.3 Å². The molecule has 0 aromatic heterocycles. The van der Waals surface area contributed by atoms with Gasteiger partial charge >= 0.3 is 12.3 Å². The first-order valence-corrected chi connectivity index (χ1v) is 6.11. The van der Waals surface area contributed by atoms with Crippen LogP contribution < -0.4 is 4.74 Å². The molecule has 0 amide bonds. The van der Waals surface area contributed by atoms with E-state index in [1.54, 1.807) is 0 Å². The van der Waals surface area contributed by atoms with E-state index in [9.17, 15) is 22.4 Å². The van der Waals surface area contributed by atoms with Gasteiger partial charge in [-0.1, -0.05) is 24.3 Å². The molecule has 116 valence electrons. The fourth-order valence-electron chi connectivity index (χ4n) is 1.94. The van der Waals surface area contributed by atoms with E-state index >= 15 is 0 Å². The Hall–Kier alpha value is -2.57. The molecule has 2 aromatic carbocycles. The number of halogens is 4. The Morgan fingerprint density at radius 3 is 2.45 bits per heavy atom. The normalized spacial score (nSPS) is 11.3. The number of carbonyl (C=O) groups is 1. The quantitative estimate of drug-likeness (QED) is 0.867. The Bertz CT molecular complexity index is 695. The van der Waals surface area contributed by atoms with Crippen LogP contribution in [0.4, 0.5) is 17.6 Å². The van der Waals surface area contributed by atoms with Crippen molar-refractivity contribution in [2.45, 2.75) is 12.8 Å². The molecule has 0 saturated heterocycles. The lowest BCUT2D eigenvalue weighted by atomic mass is 10.0. The van der Waals surface area contributed by atoms with Crippen LogP contribution in [0.5, 0.6) is 5.75 Å². The van der Waals surface area contributed by atoms with Crippen LogP contribution in [0.15, 0.2) is 42.5 Å². The maximum atomic E-state index is 14.0. The molecule has 0 radical (unpaired) electrons. The second-order valence-electron chi connectivity index (χ2n) is 4.46. The van der Waals surface area contributed by atoms with Crippen molar-refractivity contribution >= 4 is 5.97 Å². The van der Waals surface area contributed by atoms with Crippen molar-refractivity contribution in [1.29, 1.82) is 0 Å². The number of aliphatic carboxylic acids is 1. The van der Waals surface area contributed by atoms with Gasteiger partial charge in [-0.2, -0.15) is 0 Å². The van der Waals surface area contributed by atoms with Gasteiger partial charge in [0, 0.05) is 5.56 Å². The molecule has 0 bridgehead atoms. The number of carboxylic acids is 1. The lowest BCUT2D eigenvalue weighted by Gasteiger charge is -2.11. The van der Waals surface area contributed by atoms with Gasteiger partial charge in [-0.15, -0.1) is 13.2 Å². The highest BCUT2D eigenvalue weighted by Gasteiger charge is 2.31. The summed E-state index contributed by atoms with van der Waals surface area (Å²) in [6, 6.07) is 8.67. The van der Waals surface area contributed by atoms with Gasteiger partial charge in [0.1, 0.15) is 11.6 Å². The van der Waals surface area contributed by atoms with Gasteiger partial charge in [0.05, 0.1) is 6.42 Å². The highest BCUT2D eigenvalue weighted by molar-refractivity contribution is 5.71. The molecule has 1 N–H and O–H groups in total. The topological polar surface area (TPSA) is 46.5 Å². The van der Waals surface area contributed by atoms with E-state index in [4.69, 9.17) is 5.11 Å². The number of benzene rings is 2. The second kappa shape index (κ2) is 6.05. The Morgan fingerprint density at radius 2 is 1.86 bits per heavy atom. The van der Waals surface area contributed by atoms with E-state index in [1.807, 2.05) is 0 Å². The smallest absolute Gasteiger partial charge is 0.481 e. The maximum Gasteiger partial charge on any atom is 0.573 e. The third-order valence-electron chi connectivity index (χ3n) is 2.77. The average Bonchev–Trinajstić information content (AvgIpc) is 2.36. The number of carboxylic acid groups (broad SMARTS) is 1. The van der Waals surface area contributed by atoms with Gasteiger partial charge in [0.25, 0.3) is 0 Å². The van der Waals surface area contributed by atoms with E-state index in [2.05, 4.69) is 4.74 Å². The van der Waals surface area contributed by atoms with Crippen LogP contribution in [-0.4, -0.2) is 17.4 Å². The fraction of sp³-hybridized carbons (Fsp3) is 0.133. The Morgan fingerprint density at radius 1 is 1.14 bits per heavy atom. The number of hydrogen-bond donors (Lipinski definition) is 1. The molecular formula is C15H10F4O3. The monoisotopic (exact) mass is 314 g/mol. The van der Waals surface area contributed by atoms with E-state index < -0.39 is 23.9 Å². The summed E-state index contributed by atoms with van der Waals surface area (Å²) in [5, 5.41) is 8.64. The lowest BCUT2D eigenvalue weighted by molar-refractivity contribution is -0.274. The maximum absolute atomic E-state index is 14.0. The number of ether oxygens (including phenoxy) is 1. The Balaban J connectivity index is 2.32. The van der Waals surface area contributed by atoms with Crippen LogP contribution in [0.25, 0.3) is 11.1 Å². The van der Waals surface area contributed by atoms with Crippen molar-refractivity contribution in [3.8, 4) is 16.9 Å². The standard InChI is InChI=1S/C15H10F4O3/c16-13-6-9(7-14(20)21)4-5-12(13)10-2-1-3-11(8-10)22-15(17,18)19/h1-6,8H,7H2,(H,20,21). The van der Waals surface area contributed by atoms with Crippen molar-refractivity contribution in [2.24, 2.45) is 0 Å². The summed E-state index contributed by atoms with van der Waals surface area (Å²) < 4.78 is 54.3. The Kier molecular flexibility index (Phi) is 4.35. The van der Waals surface area contributed by atoms with E-state index in [0.29, 0.717) is 0 Å². The van der Waals surface area contributed by atoms with Crippen molar-refractivity contribution < 1.29 is 32.2 Å². The molecule has 22 heavy (non-hydrogen) atoms. The SMILES string of the molecule is O=C(O)Cc1ccc(-c2cccc(OC(F)(F)F)c2)c(F)c1. The van der Waals surface area contributed by atoms with Crippen LogP contribution >= 0.6 is 0 Å². The molecule has 0 aliphatic carbocycles. The zero-order valence-electron chi connectivity index (χ0n) is 11.0. The molecule has 3 nitrogen and oxygen atoms in total. The third-order valence-corrected chi connectivity index (χ3v) is 2.77. The predicted octanol–water partition coefficient (Wildman–Crippen LogP) is 4.02. The zero-order valence-corrected chi connectivity index (χ0v) is 11.0. The minimum atomic E-state index is -4.83. The molecule has 0 aliphatic rings. The molecule has 2 rings (SSSR count). The molecular weight excluding hydrogens is 304 g/mol. The van der Waals surface area contributed by atoms with Crippen molar-refractivity contribution in [3.05, 3.63) is 53.8 Å². The molecule has 0 spiro atoms. The molecule has 0 heterocycles. The van der Waals surface area contributed by atoms with Gasteiger partial charge in [-0.25, -0.2) is 4.39 Å². The molecule has 2 aromatic rings. The summed E-state index contributed by atoms with van der Waals surface area (Å²) >= 11 is 0. The second-order valence-corrected chi connectivity index (χ2v) is 4.46. The van der Waals surface area contributed by atoms with Crippen LogP contribution in [0.3, 0.4) is 0 Å². The minimum absolute atomic E-state index is 0.0572. The van der Waals surface area contributed by atoms with Gasteiger partial charge in [0.2, 0.25) is 0 Å². The molecule has 0 aliphatic heterocycles. The average molecular weight is 314 g/mol. The van der Waals surface area contributed by atoms with Crippen molar-refractivity contribution in [3.63, 3.8) is 0 Å². The van der Waals surface area contributed by atoms with E-state index in [-0.39, 0.29) is 23.1 Å². The molecule has 0 atom stereocenters. The summed E-state index contributed by atoms with van der Waals surface area (Å²) in [5.41, 5.74) is 0.513. The van der Waals surface area contributed by atoms with E-state index in [1.165, 1.54) is 24.3 Å². The van der Waals surface area contributed by atoms with Gasteiger partial charge in [-0.3, -0.25) is 4.79 Å². The molecule has 0 fully saturated rings. The molecule has 0 saturated carbocycles. The molecule has 7 heteroatoms. The van der Waals surface area contributed by atoms with Crippen LogP contribution in [0.2, 0.25) is 0 Å². The highest BCUT2D eigenvalue weighted by atomic mass is 19.4. The molecule has 0 unspecified atom stereocenters. The first-order valence-electron chi connectivity index (χ1n) is 6.11. The van der Waals surface area contributed by atoms with Crippen LogP contribution in [0.1, 0.15) is 5.56 Å². The summed E-state index contributed by atoms with van der Waals surface area (Å²) in [6.45, 7) is 0. The van der Waals surface area contributed by atoms with Crippen molar-refractivity contribution in [1.82, 2.24) is 0 Å². The van der Waals surface area contributed by atoms with Crippen molar-refractivity contribution in [2.75, 3.05) is 0 Å². The van der Waals surface area contributed by atoms with Crippen LogP contribution in [-0.2, 0) is 11.2 Å². The first-order chi connectivity index (χ1) is 10.2. The fourth-order valence-corrected chi connectivity index (χ4v) is 1.94. The number of alkyl halides is 3. The summed E-state index contributed by atoms with van der Waals surface area (Å²) in [5.74, 6) is -2.28. The predicted molar refractivity (Wildman–Crippen MR) is 69.9 cm³/mol. The third kappa shape index (κ3) is 4.21. The number of rotatable bonds is 4. The number of hydrogen-bond acceptors (Lipinski definition) is 2.